The molecule has 0 radical (unpaired) electrons. The smallest absolute Gasteiger partial charge is 0.233 e. The number of fused-ring (bicyclic) bond motifs is 1. The van der Waals surface area contributed by atoms with E-state index in [1.54, 1.807) is 0 Å². The van der Waals surface area contributed by atoms with E-state index in [4.69, 9.17) is 21.3 Å². The fourth-order valence-electron chi connectivity index (χ4n) is 3.84. The lowest BCUT2D eigenvalue weighted by atomic mass is 10.0. The fourth-order valence-corrected chi connectivity index (χ4v) is 5.29. The largest absolute Gasteiger partial charge is 0.376 e. The lowest BCUT2D eigenvalue weighted by Crippen LogP contribution is -2.38. The summed E-state index contributed by atoms with van der Waals surface area (Å²) in [5.74, 6) is 0.0512. The molecule has 2 aromatic carbocycles. The lowest BCUT2D eigenvalue weighted by molar-refractivity contribution is -0.118. The molecule has 3 aromatic rings. The molecule has 6 heteroatoms. The highest BCUT2D eigenvalue weighted by Gasteiger charge is 2.26. The number of halogens is 1. The van der Waals surface area contributed by atoms with Crippen LogP contribution in [0.15, 0.2) is 30.3 Å². The Balaban J connectivity index is 1.67. The van der Waals surface area contributed by atoms with Gasteiger partial charge in [0.25, 0.3) is 0 Å². The van der Waals surface area contributed by atoms with Gasteiger partial charge in [0.1, 0.15) is 0 Å². The number of carbonyl (C=O) groups is 1. The van der Waals surface area contributed by atoms with Crippen LogP contribution < -0.4 is 4.90 Å². The van der Waals surface area contributed by atoms with Crippen LogP contribution in [0.3, 0.4) is 0 Å². The number of amides is 1. The van der Waals surface area contributed by atoms with Crippen molar-refractivity contribution < 1.29 is 9.53 Å². The Hall–Kier alpha value is -1.95. The predicted octanol–water partition coefficient (Wildman–Crippen LogP) is 5.63. The third-order valence-electron chi connectivity index (χ3n) is 5.42. The van der Waals surface area contributed by atoms with Crippen molar-refractivity contribution in [2.75, 3.05) is 18.1 Å². The topological polar surface area (TPSA) is 42.4 Å². The number of hydrogen-bond donors (Lipinski definition) is 0. The maximum atomic E-state index is 13.4. The van der Waals surface area contributed by atoms with E-state index in [1.165, 1.54) is 16.9 Å². The first-order chi connectivity index (χ1) is 13.9. The van der Waals surface area contributed by atoms with Crippen LogP contribution >= 0.6 is 22.9 Å². The van der Waals surface area contributed by atoms with Crippen LogP contribution in [0.5, 0.6) is 0 Å². The average Bonchev–Trinajstić information content (AvgIpc) is 3.31. The molecule has 0 bridgehead atoms. The van der Waals surface area contributed by atoms with Crippen molar-refractivity contribution in [3.63, 3.8) is 0 Å². The molecule has 1 unspecified atom stereocenters. The molecule has 1 aliphatic heterocycles. The number of aromatic nitrogens is 1. The summed E-state index contributed by atoms with van der Waals surface area (Å²) in [6.45, 7) is 7.42. The van der Waals surface area contributed by atoms with E-state index >= 15 is 0 Å². The second-order valence-corrected chi connectivity index (χ2v) is 9.26. The number of nitrogens with zero attached hydrogens (tertiary/aromatic N) is 2. The van der Waals surface area contributed by atoms with Crippen molar-refractivity contribution in [1.29, 1.82) is 0 Å². The van der Waals surface area contributed by atoms with Gasteiger partial charge in [0.2, 0.25) is 5.91 Å². The van der Waals surface area contributed by atoms with Gasteiger partial charge < -0.3 is 4.74 Å². The van der Waals surface area contributed by atoms with E-state index in [-0.39, 0.29) is 12.0 Å². The molecule has 2 heterocycles. The molecule has 0 spiro atoms. The molecule has 152 valence electrons. The Kier molecular flexibility index (Phi) is 5.91. The van der Waals surface area contributed by atoms with Crippen LogP contribution in [-0.2, 0) is 16.0 Å². The minimum atomic E-state index is 0.0512. The Labute approximate surface area is 180 Å². The van der Waals surface area contributed by atoms with Gasteiger partial charge >= 0.3 is 0 Å². The summed E-state index contributed by atoms with van der Waals surface area (Å²) in [7, 11) is 0. The minimum Gasteiger partial charge on any atom is -0.376 e. The van der Waals surface area contributed by atoms with Gasteiger partial charge in [0.05, 0.1) is 29.3 Å². The number of hydrogen-bond acceptors (Lipinski definition) is 4. The van der Waals surface area contributed by atoms with Crippen LogP contribution in [-0.4, -0.2) is 30.1 Å². The Morgan fingerprint density at radius 1 is 1.24 bits per heavy atom. The second-order valence-electron chi connectivity index (χ2n) is 7.81. The van der Waals surface area contributed by atoms with Gasteiger partial charge in [-0.05, 0) is 62.4 Å². The van der Waals surface area contributed by atoms with E-state index in [0.717, 1.165) is 51.5 Å². The SMILES string of the molecule is Cc1ccc(CC(=O)N(CC2CCCO2)c2nc3c(C)cc(Cl)cc3s2)c(C)c1. The van der Waals surface area contributed by atoms with Crippen LogP contribution in [0.25, 0.3) is 10.2 Å². The van der Waals surface area contributed by atoms with Gasteiger partial charge in [-0.3, -0.25) is 9.69 Å². The zero-order valence-corrected chi connectivity index (χ0v) is 18.6. The zero-order valence-electron chi connectivity index (χ0n) is 17.0. The number of aryl methyl sites for hydroxylation is 3. The number of benzene rings is 2. The summed E-state index contributed by atoms with van der Waals surface area (Å²) in [5.41, 5.74) is 5.33. The summed E-state index contributed by atoms with van der Waals surface area (Å²) < 4.78 is 6.83. The van der Waals surface area contributed by atoms with Gasteiger partial charge in [0, 0.05) is 11.6 Å². The summed E-state index contributed by atoms with van der Waals surface area (Å²) in [5, 5.41) is 1.41. The maximum Gasteiger partial charge on any atom is 0.233 e. The number of anilines is 1. The zero-order chi connectivity index (χ0) is 20.5. The van der Waals surface area contributed by atoms with Gasteiger partial charge in [-0.1, -0.05) is 46.7 Å². The van der Waals surface area contributed by atoms with Gasteiger partial charge in [-0.2, -0.15) is 0 Å². The molecule has 0 saturated carbocycles. The van der Waals surface area contributed by atoms with E-state index in [0.29, 0.717) is 18.0 Å². The highest BCUT2D eigenvalue weighted by molar-refractivity contribution is 7.22. The molecular formula is C23H25ClN2O2S. The normalized spacial score (nSPS) is 16.5. The van der Waals surface area contributed by atoms with Crippen LogP contribution in [0, 0.1) is 20.8 Å². The monoisotopic (exact) mass is 428 g/mol. The number of thiazole rings is 1. The third kappa shape index (κ3) is 4.47. The maximum absolute atomic E-state index is 13.4. The van der Waals surface area contributed by atoms with E-state index < -0.39 is 0 Å². The van der Waals surface area contributed by atoms with E-state index in [9.17, 15) is 4.79 Å². The molecule has 1 amide bonds. The molecule has 1 aromatic heterocycles. The summed E-state index contributed by atoms with van der Waals surface area (Å²) in [6.07, 6.45) is 2.44. The van der Waals surface area contributed by atoms with Crippen molar-refractivity contribution in [2.24, 2.45) is 0 Å². The number of ether oxygens (including phenoxy) is 1. The lowest BCUT2D eigenvalue weighted by Gasteiger charge is -2.23. The second kappa shape index (κ2) is 8.42. The molecule has 1 atom stereocenters. The highest BCUT2D eigenvalue weighted by atomic mass is 35.5. The molecule has 0 aliphatic carbocycles. The van der Waals surface area contributed by atoms with Crippen molar-refractivity contribution in [3.05, 3.63) is 57.6 Å². The summed E-state index contributed by atoms with van der Waals surface area (Å²) >= 11 is 7.75. The van der Waals surface area contributed by atoms with Crippen molar-refractivity contribution in [1.82, 2.24) is 4.98 Å². The van der Waals surface area contributed by atoms with Crippen molar-refractivity contribution in [3.8, 4) is 0 Å². The molecular weight excluding hydrogens is 404 g/mol. The van der Waals surface area contributed by atoms with E-state index in [1.807, 2.05) is 24.0 Å². The standard InChI is InChI=1S/C23H25ClN2O2S/c1-14-6-7-17(15(2)9-14)11-21(27)26(13-19-5-4-8-28-19)23-25-22-16(3)10-18(24)12-20(22)29-23/h6-7,9-10,12,19H,4-5,8,11,13H2,1-3H3. The first-order valence-corrected chi connectivity index (χ1v) is 11.1. The van der Waals surface area contributed by atoms with Crippen LogP contribution in [0.1, 0.15) is 35.1 Å². The molecule has 4 rings (SSSR count). The van der Waals surface area contributed by atoms with E-state index in [2.05, 4.69) is 32.0 Å². The average molecular weight is 429 g/mol. The molecule has 1 fully saturated rings. The fraction of sp³-hybridized carbons (Fsp3) is 0.391. The molecule has 4 nitrogen and oxygen atoms in total. The first kappa shape index (κ1) is 20.3. The quantitative estimate of drug-likeness (QED) is 0.528. The Morgan fingerprint density at radius 2 is 2.07 bits per heavy atom. The van der Waals surface area contributed by atoms with Crippen molar-refractivity contribution in [2.45, 2.75) is 46.1 Å². The Morgan fingerprint density at radius 3 is 2.79 bits per heavy atom. The molecule has 1 saturated heterocycles. The first-order valence-electron chi connectivity index (χ1n) is 9.95. The number of carbonyl (C=O) groups excluding carboxylic acids is 1. The Bertz CT molecular complexity index is 1060. The van der Waals surface area contributed by atoms with Gasteiger partial charge in [-0.25, -0.2) is 4.98 Å². The van der Waals surface area contributed by atoms with Gasteiger partial charge in [-0.15, -0.1) is 0 Å². The summed E-state index contributed by atoms with van der Waals surface area (Å²) in [4.78, 5) is 20.0. The minimum absolute atomic E-state index is 0.0512. The molecule has 0 N–H and O–H groups in total. The predicted molar refractivity (Wildman–Crippen MR) is 120 cm³/mol. The molecule has 1 aliphatic rings. The van der Waals surface area contributed by atoms with Crippen LogP contribution in [0.2, 0.25) is 5.02 Å². The third-order valence-corrected chi connectivity index (χ3v) is 6.66. The molecule has 29 heavy (non-hydrogen) atoms. The highest BCUT2D eigenvalue weighted by Crippen LogP contribution is 2.34. The van der Waals surface area contributed by atoms with Crippen molar-refractivity contribution >= 4 is 44.2 Å². The number of rotatable bonds is 5. The van der Waals surface area contributed by atoms with Crippen LogP contribution in [0.4, 0.5) is 5.13 Å². The van der Waals surface area contributed by atoms with Gasteiger partial charge in [0.15, 0.2) is 5.13 Å². The summed E-state index contributed by atoms with van der Waals surface area (Å²) in [6, 6.07) is 10.1.